The van der Waals surface area contributed by atoms with Crippen LogP contribution in [0.5, 0.6) is 5.75 Å². The van der Waals surface area contributed by atoms with Crippen molar-refractivity contribution >= 4 is 11.6 Å². The van der Waals surface area contributed by atoms with E-state index in [1.807, 2.05) is 0 Å². The van der Waals surface area contributed by atoms with Gasteiger partial charge in [0.2, 0.25) is 0 Å². The largest absolute Gasteiger partial charge is 0.484 e. The highest BCUT2D eigenvalue weighted by molar-refractivity contribution is 5.76. The number of hydroxylamine groups is 2. The van der Waals surface area contributed by atoms with Crippen molar-refractivity contribution in [1.82, 2.24) is 5.06 Å². The van der Waals surface area contributed by atoms with Gasteiger partial charge in [-0.1, -0.05) is 6.07 Å². The van der Waals surface area contributed by atoms with Crippen molar-refractivity contribution in [2.75, 3.05) is 25.5 Å². The predicted octanol–water partition coefficient (Wildman–Crippen LogP) is 1.20. The first-order valence-electron chi connectivity index (χ1n) is 5.67. The fraction of sp³-hybridized carbons (Fsp3) is 0.417. The van der Waals surface area contributed by atoms with Gasteiger partial charge in [-0.2, -0.15) is 0 Å². The van der Waals surface area contributed by atoms with Crippen LogP contribution in [-0.2, 0) is 9.63 Å². The van der Waals surface area contributed by atoms with Gasteiger partial charge in [-0.25, -0.2) is 5.06 Å². The van der Waals surface area contributed by atoms with Gasteiger partial charge in [-0.3, -0.25) is 9.63 Å². The smallest absolute Gasteiger partial charge is 0.283 e. The summed E-state index contributed by atoms with van der Waals surface area (Å²) in [5.74, 6) is 0.433. The van der Waals surface area contributed by atoms with E-state index in [0.29, 0.717) is 24.6 Å². The zero-order valence-corrected chi connectivity index (χ0v) is 9.59. The Kier molecular flexibility index (Phi) is 3.82. The number of nitrogens with zero attached hydrogens (tertiary/aromatic N) is 1. The van der Waals surface area contributed by atoms with Gasteiger partial charge in [0.25, 0.3) is 5.91 Å². The number of hydrogen-bond donors (Lipinski definition) is 1. The molecule has 1 saturated heterocycles. The van der Waals surface area contributed by atoms with Gasteiger partial charge in [0.05, 0.1) is 6.61 Å². The third kappa shape index (κ3) is 3.35. The molecule has 1 amide bonds. The van der Waals surface area contributed by atoms with Gasteiger partial charge in [-0.15, -0.1) is 0 Å². The molecule has 1 aromatic rings. The lowest BCUT2D eigenvalue weighted by molar-refractivity contribution is -0.198. The summed E-state index contributed by atoms with van der Waals surface area (Å²) >= 11 is 0. The molecule has 5 heteroatoms. The van der Waals surface area contributed by atoms with Gasteiger partial charge < -0.3 is 10.5 Å². The van der Waals surface area contributed by atoms with Gasteiger partial charge >= 0.3 is 0 Å². The van der Waals surface area contributed by atoms with Crippen LogP contribution >= 0.6 is 0 Å². The Morgan fingerprint density at radius 1 is 1.47 bits per heavy atom. The second kappa shape index (κ2) is 5.54. The minimum atomic E-state index is -0.160. The molecule has 1 aliphatic rings. The van der Waals surface area contributed by atoms with E-state index in [2.05, 4.69) is 0 Å². The van der Waals surface area contributed by atoms with Crippen molar-refractivity contribution in [3.05, 3.63) is 24.3 Å². The van der Waals surface area contributed by atoms with Crippen LogP contribution in [0.2, 0.25) is 0 Å². The van der Waals surface area contributed by atoms with Crippen molar-refractivity contribution in [3.63, 3.8) is 0 Å². The van der Waals surface area contributed by atoms with E-state index in [4.69, 9.17) is 15.3 Å². The molecular formula is C12H16N2O3. The number of benzene rings is 1. The van der Waals surface area contributed by atoms with Crippen LogP contribution in [-0.4, -0.2) is 30.7 Å². The second-order valence-electron chi connectivity index (χ2n) is 3.90. The number of anilines is 1. The van der Waals surface area contributed by atoms with Crippen LogP contribution in [0, 0.1) is 0 Å². The standard InChI is InChI=1S/C12H16N2O3/c13-10-4-3-5-11(8-10)16-9-12(15)14-6-1-2-7-17-14/h3-5,8H,1-2,6-7,9,13H2. The summed E-state index contributed by atoms with van der Waals surface area (Å²) in [5, 5.41) is 1.37. The number of nitrogens with two attached hydrogens (primary N) is 1. The number of rotatable bonds is 3. The van der Waals surface area contributed by atoms with E-state index in [-0.39, 0.29) is 12.5 Å². The Bertz CT molecular complexity index is 389. The van der Waals surface area contributed by atoms with Crippen molar-refractivity contribution in [3.8, 4) is 5.75 Å². The second-order valence-corrected chi connectivity index (χ2v) is 3.90. The van der Waals surface area contributed by atoms with Crippen LogP contribution in [0.1, 0.15) is 12.8 Å². The molecule has 0 spiro atoms. The molecule has 0 aliphatic carbocycles. The number of ether oxygens (including phenoxy) is 1. The Morgan fingerprint density at radius 2 is 2.35 bits per heavy atom. The van der Waals surface area contributed by atoms with Gasteiger partial charge in [-0.05, 0) is 25.0 Å². The lowest BCUT2D eigenvalue weighted by atomic mass is 10.3. The molecule has 0 atom stereocenters. The maximum atomic E-state index is 11.7. The minimum Gasteiger partial charge on any atom is -0.484 e. The predicted molar refractivity (Wildman–Crippen MR) is 63.2 cm³/mol. The number of nitrogen functional groups attached to an aromatic ring is 1. The molecule has 1 heterocycles. The first kappa shape index (κ1) is 11.7. The number of carbonyl (C=O) groups is 1. The Labute approximate surface area is 100 Å². The molecule has 5 nitrogen and oxygen atoms in total. The summed E-state index contributed by atoms with van der Waals surface area (Å²) < 4.78 is 5.35. The van der Waals surface area contributed by atoms with E-state index in [9.17, 15) is 4.79 Å². The Balaban J connectivity index is 1.83. The van der Waals surface area contributed by atoms with E-state index in [1.54, 1.807) is 24.3 Å². The number of hydrogen-bond acceptors (Lipinski definition) is 4. The summed E-state index contributed by atoms with van der Waals surface area (Å²) in [4.78, 5) is 16.9. The Hall–Kier alpha value is -1.75. The normalized spacial score (nSPS) is 15.6. The molecular weight excluding hydrogens is 220 g/mol. The molecule has 1 aliphatic heterocycles. The van der Waals surface area contributed by atoms with Crippen molar-refractivity contribution < 1.29 is 14.4 Å². The Morgan fingerprint density at radius 3 is 3.06 bits per heavy atom. The molecule has 0 aromatic heterocycles. The molecule has 92 valence electrons. The van der Waals surface area contributed by atoms with Crippen LogP contribution in [0.15, 0.2) is 24.3 Å². The summed E-state index contributed by atoms with van der Waals surface area (Å²) in [5.41, 5.74) is 6.22. The molecule has 1 fully saturated rings. The average molecular weight is 236 g/mol. The van der Waals surface area contributed by atoms with Gasteiger partial charge in [0, 0.05) is 18.3 Å². The van der Waals surface area contributed by atoms with Crippen LogP contribution in [0.3, 0.4) is 0 Å². The van der Waals surface area contributed by atoms with E-state index < -0.39 is 0 Å². The summed E-state index contributed by atoms with van der Waals surface area (Å²) in [7, 11) is 0. The highest BCUT2D eigenvalue weighted by atomic mass is 16.7. The fourth-order valence-corrected chi connectivity index (χ4v) is 1.61. The summed E-state index contributed by atoms with van der Waals surface area (Å²) in [6.07, 6.45) is 1.98. The quantitative estimate of drug-likeness (QED) is 0.801. The van der Waals surface area contributed by atoms with Crippen molar-refractivity contribution in [2.24, 2.45) is 0 Å². The monoisotopic (exact) mass is 236 g/mol. The molecule has 0 radical (unpaired) electrons. The van der Waals surface area contributed by atoms with E-state index in [0.717, 1.165) is 12.8 Å². The summed E-state index contributed by atoms with van der Waals surface area (Å²) in [6, 6.07) is 7.00. The zero-order valence-electron chi connectivity index (χ0n) is 9.59. The van der Waals surface area contributed by atoms with E-state index in [1.165, 1.54) is 5.06 Å². The summed E-state index contributed by atoms with van der Waals surface area (Å²) in [6.45, 7) is 1.21. The van der Waals surface area contributed by atoms with Gasteiger partial charge in [0.1, 0.15) is 5.75 Å². The SMILES string of the molecule is Nc1cccc(OCC(=O)N2CCCCO2)c1. The van der Waals surface area contributed by atoms with Crippen molar-refractivity contribution in [1.29, 1.82) is 0 Å². The minimum absolute atomic E-state index is 0.0244. The fourth-order valence-electron chi connectivity index (χ4n) is 1.61. The molecule has 2 rings (SSSR count). The lowest BCUT2D eigenvalue weighted by Crippen LogP contribution is -2.38. The third-order valence-corrected chi connectivity index (χ3v) is 2.50. The van der Waals surface area contributed by atoms with E-state index >= 15 is 0 Å². The highest BCUT2D eigenvalue weighted by Gasteiger charge is 2.17. The van der Waals surface area contributed by atoms with Crippen LogP contribution in [0.25, 0.3) is 0 Å². The average Bonchev–Trinajstić information content (AvgIpc) is 2.37. The third-order valence-electron chi connectivity index (χ3n) is 2.50. The number of amides is 1. The maximum absolute atomic E-state index is 11.7. The first-order chi connectivity index (χ1) is 8.25. The maximum Gasteiger partial charge on any atom is 0.283 e. The molecule has 0 bridgehead atoms. The highest BCUT2D eigenvalue weighted by Crippen LogP contribution is 2.14. The van der Waals surface area contributed by atoms with Crippen LogP contribution in [0.4, 0.5) is 5.69 Å². The molecule has 17 heavy (non-hydrogen) atoms. The lowest BCUT2D eigenvalue weighted by Gasteiger charge is -2.25. The van der Waals surface area contributed by atoms with Gasteiger partial charge in [0.15, 0.2) is 6.61 Å². The number of carbonyl (C=O) groups excluding carboxylic acids is 1. The first-order valence-corrected chi connectivity index (χ1v) is 5.67. The molecule has 0 unspecified atom stereocenters. The van der Waals surface area contributed by atoms with Crippen LogP contribution < -0.4 is 10.5 Å². The van der Waals surface area contributed by atoms with Crippen molar-refractivity contribution in [2.45, 2.75) is 12.8 Å². The molecule has 0 saturated carbocycles. The molecule has 2 N–H and O–H groups in total. The molecule has 1 aromatic carbocycles. The topological polar surface area (TPSA) is 64.8 Å². The zero-order chi connectivity index (χ0) is 12.1.